The van der Waals surface area contributed by atoms with E-state index in [1.165, 1.54) is 0 Å². The molecule has 18 heavy (non-hydrogen) atoms. The number of sulfonamides is 1. The Hall–Kier alpha value is -0.170. The SMILES string of the molecule is CCC1CN(S(=O)(=O)C2CCOCC2)CCC1N. The van der Waals surface area contributed by atoms with Gasteiger partial charge in [-0.2, -0.15) is 0 Å². The van der Waals surface area contributed by atoms with Gasteiger partial charge in [-0.15, -0.1) is 0 Å². The van der Waals surface area contributed by atoms with Crippen LogP contribution in [0.1, 0.15) is 32.6 Å². The number of ether oxygens (including phenoxy) is 1. The second-order valence-corrected chi connectivity index (χ2v) is 7.55. The van der Waals surface area contributed by atoms with Gasteiger partial charge in [0.05, 0.1) is 5.25 Å². The lowest BCUT2D eigenvalue weighted by Crippen LogP contribution is -2.51. The maximum absolute atomic E-state index is 12.5. The summed E-state index contributed by atoms with van der Waals surface area (Å²) in [5, 5.41) is -0.252. The Morgan fingerprint density at radius 2 is 1.94 bits per heavy atom. The third-order valence-electron chi connectivity index (χ3n) is 4.23. The number of hydrogen-bond acceptors (Lipinski definition) is 4. The van der Waals surface area contributed by atoms with Crippen LogP contribution in [0.2, 0.25) is 0 Å². The molecular formula is C12H24N2O3S. The van der Waals surface area contributed by atoms with Gasteiger partial charge in [0.15, 0.2) is 0 Å². The molecule has 5 nitrogen and oxygen atoms in total. The monoisotopic (exact) mass is 276 g/mol. The Morgan fingerprint density at radius 1 is 1.28 bits per heavy atom. The molecule has 2 N–H and O–H groups in total. The van der Waals surface area contributed by atoms with E-state index in [2.05, 4.69) is 6.92 Å². The Morgan fingerprint density at radius 3 is 2.56 bits per heavy atom. The number of nitrogens with two attached hydrogens (primary N) is 1. The average Bonchev–Trinajstić information content (AvgIpc) is 2.40. The fourth-order valence-electron chi connectivity index (χ4n) is 2.86. The van der Waals surface area contributed by atoms with E-state index in [1.54, 1.807) is 4.31 Å². The molecule has 0 aliphatic carbocycles. The van der Waals surface area contributed by atoms with E-state index < -0.39 is 10.0 Å². The van der Waals surface area contributed by atoms with Gasteiger partial charge in [0.2, 0.25) is 10.0 Å². The molecule has 2 unspecified atom stereocenters. The summed E-state index contributed by atoms with van der Waals surface area (Å²) in [5.41, 5.74) is 6.03. The summed E-state index contributed by atoms with van der Waals surface area (Å²) in [5.74, 6) is 0.299. The van der Waals surface area contributed by atoms with Crippen molar-refractivity contribution < 1.29 is 13.2 Å². The van der Waals surface area contributed by atoms with Crippen LogP contribution in [0.4, 0.5) is 0 Å². The predicted octanol–water partition coefficient (Wildman–Crippen LogP) is 0.554. The smallest absolute Gasteiger partial charge is 0.217 e. The normalized spacial score (nSPS) is 32.6. The molecule has 0 aromatic carbocycles. The quantitative estimate of drug-likeness (QED) is 0.817. The largest absolute Gasteiger partial charge is 0.381 e. The molecule has 0 amide bonds. The summed E-state index contributed by atoms with van der Waals surface area (Å²) >= 11 is 0. The minimum atomic E-state index is -3.15. The second kappa shape index (κ2) is 5.86. The van der Waals surface area contributed by atoms with Crippen molar-refractivity contribution >= 4 is 10.0 Å². The first kappa shape index (κ1) is 14.2. The minimum absolute atomic E-state index is 0.149. The summed E-state index contributed by atoms with van der Waals surface area (Å²) < 4.78 is 32.0. The van der Waals surface area contributed by atoms with Gasteiger partial charge >= 0.3 is 0 Å². The third kappa shape index (κ3) is 2.87. The van der Waals surface area contributed by atoms with Crippen LogP contribution in [-0.4, -0.2) is 50.3 Å². The van der Waals surface area contributed by atoms with Crippen molar-refractivity contribution in [2.75, 3.05) is 26.3 Å². The number of hydrogen-bond donors (Lipinski definition) is 1. The lowest BCUT2D eigenvalue weighted by molar-refractivity contribution is 0.0964. The Labute approximate surface area is 110 Å². The standard InChI is InChI=1S/C12H24N2O3S/c1-2-10-9-14(6-3-12(10)13)18(15,16)11-4-7-17-8-5-11/h10-12H,2-9,13H2,1H3. The third-order valence-corrected chi connectivity index (χ3v) is 6.59. The van der Waals surface area contributed by atoms with Gasteiger partial charge in [-0.25, -0.2) is 12.7 Å². The molecule has 2 fully saturated rings. The van der Waals surface area contributed by atoms with Crippen molar-refractivity contribution in [3.8, 4) is 0 Å². The average molecular weight is 276 g/mol. The molecule has 0 spiro atoms. The van der Waals surface area contributed by atoms with Gasteiger partial charge in [-0.05, 0) is 25.2 Å². The van der Waals surface area contributed by atoms with Crippen LogP contribution in [0, 0.1) is 5.92 Å². The zero-order chi connectivity index (χ0) is 13.2. The molecule has 2 aliphatic heterocycles. The van der Waals surface area contributed by atoms with Gasteiger partial charge in [0.1, 0.15) is 0 Å². The van der Waals surface area contributed by atoms with E-state index in [0.29, 0.717) is 45.1 Å². The van der Waals surface area contributed by atoms with Gasteiger partial charge in [0, 0.05) is 32.3 Å². The topological polar surface area (TPSA) is 72.6 Å². The van der Waals surface area contributed by atoms with Gasteiger partial charge in [-0.3, -0.25) is 0 Å². The molecular weight excluding hydrogens is 252 g/mol. The lowest BCUT2D eigenvalue weighted by atomic mass is 9.92. The molecule has 0 bridgehead atoms. The second-order valence-electron chi connectivity index (χ2n) is 5.34. The molecule has 0 aromatic rings. The van der Waals surface area contributed by atoms with Crippen molar-refractivity contribution in [1.82, 2.24) is 4.31 Å². The van der Waals surface area contributed by atoms with Gasteiger partial charge in [0.25, 0.3) is 0 Å². The maximum Gasteiger partial charge on any atom is 0.217 e. The fraction of sp³-hybridized carbons (Fsp3) is 1.00. The van der Waals surface area contributed by atoms with Crippen LogP contribution < -0.4 is 5.73 Å². The van der Waals surface area contributed by atoms with Crippen molar-refractivity contribution in [2.24, 2.45) is 11.7 Å². The van der Waals surface area contributed by atoms with Crippen LogP contribution >= 0.6 is 0 Å². The molecule has 0 aromatic heterocycles. The Kier molecular flexibility index (Phi) is 4.64. The first-order chi connectivity index (χ1) is 8.55. The number of nitrogens with zero attached hydrogens (tertiary/aromatic N) is 1. The van der Waals surface area contributed by atoms with Gasteiger partial charge < -0.3 is 10.5 Å². The van der Waals surface area contributed by atoms with E-state index in [9.17, 15) is 8.42 Å². The highest BCUT2D eigenvalue weighted by Gasteiger charge is 2.37. The summed E-state index contributed by atoms with van der Waals surface area (Å²) in [6.07, 6.45) is 2.98. The maximum atomic E-state index is 12.5. The van der Waals surface area contributed by atoms with E-state index in [1.807, 2.05) is 0 Å². The van der Waals surface area contributed by atoms with Crippen LogP contribution in [0.3, 0.4) is 0 Å². The molecule has 6 heteroatoms. The molecule has 2 atom stereocenters. The van der Waals surface area contributed by atoms with E-state index in [0.717, 1.165) is 12.8 Å². The summed E-state index contributed by atoms with van der Waals surface area (Å²) in [6, 6.07) is 0.149. The lowest BCUT2D eigenvalue weighted by Gasteiger charge is -2.38. The molecule has 2 heterocycles. The zero-order valence-electron chi connectivity index (χ0n) is 11.0. The molecule has 0 saturated carbocycles. The summed E-state index contributed by atoms with van der Waals surface area (Å²) in [4.78, 5) is 0. The zero-order valence-corrected chi connectivity index (χ0v) is 11.9. The first-order valence-corrected chi connectivity index (χ1v) is 8.38. The number of piperidine rings is 1. The molecule has 2 aliphatic rings. The van der Waals surface area contributed by atoms with E-state index in [-0.39, 0.29) is 11.3 Å². The van der Waals surface area contributed by atoms with Crippen molar-refractivity contribution in [3.63, 3.8) is 0 Å². The Balaban J connectivity index is 2.05. The summed E-state index contributed by atoms with van der Waals surface area (Å²) in [6.45, 7) is 4.38. The molecule has 2 rings (SSSR count). The van der Waals surface area contributed by atoms with Crippen LogP contribution in [0.15, 0.2) is 0 Å². The highest BCUT2D eigenvalue weighted by Crippen LogP contribution is 2.26. The van der Waals surface area contributed by atoms with Gasteiger partial charge in [-0.1, -0.05) is 13.3 Å². The van der Waals surface area contributed by atoms with Crippen molar-refractivity contribution in [1.29, 1.82) is 0 Å². The van der Waals surface area contributed by atoms with E-state index >= 15 is 0 Å². The van der Waals surface area contributed by atoms with E-state index in [4.69, 9.17) is 10.5 Å². The Bertz CT molecular complexity index is 366. The summed E-state index contributed by atoms with van der Waals surface area (Å²) in [7, 11) is -3.15. The van der Waals surface area contributed by atoms with Crippen molar-refractivity contribution in [2.45, 2.75) is 43.9 Å². The fourth-order valence-corrected chi connectivity index (χ4v) is 4.83. The van der Waals surface area contributed by atoms with Crippen LogP contribution in [-0.2, 0) is 14.8 Å². The first-order valence-electron chi connectivity index (χ1n) is 6.88. The molecule has 106 valence electrons. The predicted molar refractivity (Wildman–Crippen MR) is 70.7 cm³/mol. The highest BCUT2D eigenvalue weighted by atomic mass is 32.2. The molecule has 2 saturated heterocycles. The minimum Gasteiger partial charge on any atom is -0.381 e. The number of rotatable bonds is 3. The molecule has 0 radical (unpaired) electrons. The van der Waals surface area contributed by atoms with Crippen molar-refractivity contribution in [3.05, 3.63) is 0 Å². The van der Waals surface area contributed by atoms with Crippen LogP contribution in [0.5, 0.6) is 0 Å². The van der Waals surface area contributed by atoms with Crippen LogP contribution in [0.25, 0.3) is 0 Å². The highest BCUT2D eigenvalue weighted by molar-refractivity contribution is 7.89.